The van der Waals surface area contributed by atoms with Gasteiger partial charge in [-0.1, -0.05) is 12.1 Å². The molecule has 154 valence electrons. The van der Waals surface area contributed by atoms with Gasteiger partial charge in [-0.25, -0.2) is 4.68 Å². The minimum absolute atomic E-state index is 0.142. The van der Waals surface area contributed by atoms with Crippen molar-refractivity contribution in [2.24, 2.45) is 0 Å². The average molecular weight is 418 g/mol. The number of para-hydroxylation sites is 2. The number of amides is 1. The minimum Gasteiger partial charge on any atom is -0.423 e. The lowest BCUT2D eigenvalue weighted by molar-refractivity contribution is -0.384. The topological polar surface area (TPSA) is 146 Å². The van der Waals surface area contributed by atoms with Gasteiger partial charge < -0.3 is 9.73 Å². The molecular formula is C20H14N6O5. The zero-order valence-corrected chi connectivity index (χ0v) is 16.1. The van der Waals surface area contributed by atoms with Crippen molar-refractivity contribution in [2.45, 2.75) is 6.92 Å². The van der Waals surface area contributed by atoms with E-state index in [1.807, 2.05) is 0 Å². The molecule has 0 aliphatic carbocycles. The Morgan fingerprint density at radius 1 is 1.16 bits per heavy atom. The first-order valence-corrected chi connectivity index (χ1v) is 8.97. The van der Waals surface area contributed by atoms with Gasteiger partial charge >= 0.3 is 0 Å². The van der Waals surface area contributed by atoms with Gasteiger partial charge in [0.2, 0.25) is 17.7 Å². The molecule has 2 aromatic carbocycles. The Hall–Kier alpha value is -4.67. The average Bonchev–Trinajstić information content (AvgIpc) is 3.29. The van der Waals surface area contributed by atoms with Gasteiger partial charge in [0, 0.05) is 29.1 Å². The molecule has 1 amide bonds. The van der Waals surface area contributed by atoms with E-state index in [0.29, 0.717) is 22.8 Å². The first-order chi connectivity index (χ1) is 14.9. The Morgan fingerprint density at radius 2 is 1.90 bits per heavy atom. The summed E-state index contributed by atoms with van der Waals surface area (Å²) in [4.78, 5) is 35.9. The van der Waals surface area contributed by atoms with Gasteiger partial charge in [0.05, 0.1) is 4.92 Å². The molecule has 0 atom stereocenters. The van der Waals surface area contributed by atoms with Crippen LogP contribution in [0.3, 0.4) is 0 Å². The number of hydrogen-bond donors (Lipinski definition) is 1. The number of aromatic nitrogens is 4. The first kappa shape index (κ1) is 19.6. The van der Waals surface area contributed by atoms with Crippen molar-refractivity contribution in [1.82, 2.24) is 20.0 Å². The Balaban J connectivity index is 1.66. The van der Waals surface area contributed by atoms with Crippen molar-refractivity contribution >= 4 is 17.3 Å². The van der Waals surface area contributed by atoms with Crippen LogP contribution in [0.1, 0.15) is 16.2 Å². The predicted octanol–water partition coefficient (Wildman–Crippen LogP) is 2.75. The molecule has 4 rings (SSSR count). The van der Waals surface area contributed by atoms with E-state index in [2.05, 4.69) is 20.6 Å². The number of nitrogens with zero attached hydrogens (tertiary/aromatic N) is 5. The fourth-order valence-corrected chi connectivity index (χ4v) is 2.93. The summed E-state index contributed by atoms with van der Waals surface area (Å²) in [7, 11) is 0. The van der Waals surface area contributed by atoms with Crippen molar-refractivity contribution < 1.29 is 14.1 Å². The second-order valence-electron chi connectivity index (χ2n) is 6.43. The van der Waals surface area contributed by atoms with Crippen LogP contribution in [-0.2, 0) is 0 Å². The first-order valence-electron chi connectivity index (χ1n) is 8.97. The van der Waals surface area contributed by atoms with E-state index >= 15 is 0 Å². The van der Waals surface area contributed by atoms with Crippen LogP contribution >= 0.6 is 0 Å². The maximum atomic E-state index is 12.7. The number of nitro groups is 1. The maximum absolute atomic E-state index is 12.7. The van der Waals surface area contributed by atoms with Crippen molar-refractivity contribution in [1.29, 1.82) is 0 Å². The van der Waals surface area contributed by atoms with Crippen LogP contribution in [0.15, 0.2) is 70.2 Å². The van der Waals surface area contributed by atoms with Crippen LogP contribution < -0.4 is 10.7 Å². The third kappa shape index (κ3) is 3.92. The zero-order chi connectivity index (χ0) is 22.0. The van der Waals surface area contributed by atoms with Crippen molar-refractivity contribution in [2.75, 3.05) is 5.32 Å². The smallest absolute Gasteiger partial charge is 0.294 e. The molecule has 31 heavy (non-hydrogen) atoms. The van der Waals surface area contributed by atoms with Gasteiger partial charge in [0.15, 0.2) is 5.69 Å². The molecule has 0 radical (unpaired) electrons. The van der Waals surface area contributed by atoms with E-state index in [-0.39, 0.29) is 11.4 Å². The minimum atomic E-state index is -0.747. The second-order valence-corrected chi connectivity index (χ2v) is 6.43. The van der Waals surface area contributed by atoms with E-state index in [0.717, 1.165) is 0 Å². The third-order valence-corrected chi connectivity index (χ3v) is 4.38. The maximum Gasteiger partial charge on any atom is 0.294 e. The lowest BCUT2D eigenvalue weighted by Crippen LogP contribution is -2.27. The van der Waals surface area contributed by atoms with Gasteiger partial charge in [0.25, 0.3) is 11.6 Å². The van der Waals surface area contributed by atoms with Crippen molar-refractivity contribution in [3.63, 3.8) is 0 Å². The number of rotatable bonds is 5. The Kier molecular flexibility index (Phi) is 5.06. The van der Waals surface area contributed by atoms with Crippen LogP contribution in [0.25, 0.3) is 17.1 Å². The highest BCUT2D eigenvalue weighted by molar-refractivity contribution is 6.02. The van der Waals surface area contributed by atoms with E-state index in [9.17, 15) is 19.7 Å². The summed E-state index contributed by atoms with van der Waals surface area (Å²) in [6, 6.07) is 13.7. The number of aryl methyl sites for hydroxylation is 1. The van der Waals surface area contributed by atoms with Gasteiger partial charge in [-0.05, 0) is 37.3 Å². The number of hydrogen-bond acceptors (Lipinski definition) is 8. The van der Waals surface area contributed by atoms with Crippen LogP contribution in [0.2, 0.25) is 0 Å². The Labute approximate surface area is 174 Å². The van der Waals surface area contributed by atoms with Gasteiger partial charge in [0.1, 0.15) is 5.69 Å². The molecule has 11 heteroatoms. The lowest BCUT2D eigenvalue weighted by atomic mass is 10.2. The van der Waals surface area contributed by atoms with Gasteiger partial charge in [-0.3, -0.25) is 19.7 Å². The number of carbonyl (C=O) groups excluding carboxylic acids is 1. The van der Waals surface area contributed by atoms with Crippen molar-refractivity contribution in [3.05, 3.63) is 92.7 Å². The number of nitro benzene ring substituents is 1. The normalized spacial score (nSPS) is 10.6. The summed E-state index contributed by atoms with van der Waals surface area (Å²) in [6.45, 7) is 1.57. The largest absolute Gasteiger partial charge is 0.423 e. The quantitative estimate of drug-likeness (QED) is 0.384. The molecule has 0 saturated heterocycles. The van der Waals surface area contributed by atoms with Crippen molar-refractivity contribution in [3.8, 4) is 17.1 Å². The summed E-state index contributed by atoms with van der Waals surface area (Å²) in [5.74, 6) is -0.423. The highest BCUT2D eigenvalue weighted by atomic mass is 16.6. The molecule has 0 spiro atoms. The lowest BCUT2D eigenvalue weighted by Gasteiger charge is -2.11. The molecule has 0 unspecified atom stereocenters. The standard InChI is InChI=1S/C20H14N6O5/c1-12-10-17(27)18(24-25(12)15-4-2-3-5-16(15)26(29)30)19(28)22-14-8-6-13(7-9-14)20-23-21-11-31-20/h2-11H,1H3,(H,22,28). The Morgan fingerprint density at radius 3 is 2.58 bits per heavy atom. The van der Waals surface area contributed by atoms with Crippen LogP contribution in [-0.4, -0.2) is 30.8 Å². The summed E-state index contributed by atoms with van der Waals surface area (Å²) in [6.07, 6.45) is 1.20. The third-order valence-electron chi connectivity index (χ3n) is 4.38. The summed E-state index contributed by atoms with van der Waals surface area (Å²) < 4.78 is 6.31. The van der Waals surface area contributed by atoms with Crippen LogP contribution in [0.4, 0.5) is 11.4 Å². The summed E-state index contributed by atoms with van der Waals surface area (Å²) in [5.41, 5.74) is 0.347. The molecule has 2 aromatic heterocycles. The predicted molar refractivity (Wildman–Crippen MR) is 109 cm³/mol. The molecular weight excluding hydrogens is 404 g/mol. The number of nitrogens with one attached hydrogen (secondary N) is 1. The fourth-order valence-electron chi connectivity index (χ4n) is 2.93. The number of anilines is 1. The van der Waals surface area contributed by atoms with Crippen LogP contribution in [0.5, 0.6) is 0 Å². The van der Waals surface area contributed by atoms with E-state index in [4.69, 9.17) is 4.42 Å². The molecule has 4 aromatic rings. The molecule has 0 aliphatic heterocycles. The molecule has 0 bridgehead atoms. The highest BCUT2D eigenvalue weighted by Gasteiger charge is 2.20. The van der Waals surface area contributed by atoms with E-state index in [1.54, 1.807) is 37.3 Å². The fraction of sp³-hybridized carbons (Fsp3) is 0.0500. The monoisotopic (exact) mass is 418 g/mol. The summed E-state index contributed by atoms with van der Waals surface area (Å²) >= 11 is 0. The molecule has 0 saturated carbocycles. The van der Waals surface area contributed by atoms with Gasteiger partial charge in [-0.2, -0.15) is 5.10 Å². The van der Waals surface area contributed by atoms with E-state index < -0.39 is 22.0 Å². The number of benzene rings is 2. The summed E-state index contributed by atoms with van der Waals surface area (Å²) in [5, 5.41) is 25.4. The molecule has 0 aliphatic rings. The molecule has 0 fully saturated rings. The zero-order valence-electron chi connectivity index (χ0n) is 16.1. The molecule has 11 nitrogen and oxygen atoms in total. The van der Waals surface area contributed by atoms with E-state index in [1.165, 1.54) is 35.3 Å². The second kappa shape index (κ2) is 7.99. The Bertz CT molecular complexity index is 1330. The number of carbonyl (C=O) groups is 1. The SMILES string of the molecule is Cc1cc(=O)c(C(=O)Nc2ccc(-c3nnco3)cc2)nn1-c1ccccc1[N+](=O)[O-]. The van der Waals surface area contributed by atoms with Crippen LogP contribution in [0, 0.1) is 17.0 Å². The molecule has 2 heterocycles. The van der Waals surface area contributed by atoms with Gasteiger partial charge in [-0.15, -0.1) is 10.2 Å². The highest BCUT2D eigenvalue weighted by Crippen LogP contribution is 2.22. The molecule has 1 N–H and O–H groups in total.